The van der Waals surface area contributed by atoms with Gasteiger partial charge in [-0.25, -0.2) is 0 Å². The van der Waals surface area contributed by atoms with Gasteiger partial charge in [0, 0.05) is 6.54 Å². The van der Waals surface area contributed by atoms with Gasteiger partial charge >= 0.3 is 5.97 Å². The van der Waals surface area contributed by atoms with Crippen LogP contribution >= 0.6 is 0 Å². The monoisotopic (exact) mass is 265 g/mol. The zero-order chi connectivity index (χ0) is 14.4. The molecule has 104 valence electrons. The van der Waals surface area contributed by atoms with Crippen LogP contribution in [0.4, 0.5) is 0 Å². The van der Waals surface area contributed by atoms with Crippen LogP contribution in [0.2, 0.25) is 0 Å². The van der Waals surface area contributed by atoms with Crippen molar-refractivity contribution >= 4 is 11.9 Å². The zero-order valence-electron chi connectivity index (χ0n) is 11.4. The Bertz CT molecular complexity index is 469. The van der Waals surface area contributed by atoms with Crippen LogP contribution in [0.5, 0.6) is 5.75 Å². The molecule has 5 nitrogen and oxygen atoms in total. The zero-order valence-corrected chi connectivity index (χ0v) is 11.4. The number of benzene rings is 1. The lowest BCUT2D eigenvalue weighted by molar-refractivity contribution is -0.140. The number of methoxy groups -OCH3 is 1. The number of ether oxygens (including phenoxy) is 1. The standard InChI is InChI=1S/C14H19NO4/c1-9(2)11-6-10(4-5-12(11)19-3)8-15-13(16)7-14(17)18/h4-6,9H,7-8H2,1-3H3,(H,15,16)(H,17,18). The van der Waals surface area contributed by atoms with Gasteiger partial charge in [-0.15, -0.1) is 0 Å². The van der Waals surface area contributed by atoms with Crippen molar-refractivity contribution in [2.45, 2.75) is 32.7 Å². The molecule has 0 heterocycles. The van der Waals surface area contributed by atoms with Gasteiger partial charge in [-0.3, -0.25) is 9.59 Å². The molecule has 0 aliphatic rings. The molecule has 1 amide bonds. The molecule has 0 aliphatic carbocycles. The number of nitrogens with one attached hydrogen (secondary N) is 1. The van der Waals surface area contributed by atoms with E-state index in [0.29, 0.717) is 12.5 Å². The fourth-order valence-corrected chi connectivity index (χ4v) is 1.75. The predicted molar refractivity (Wildman–Crippen MR) is 71.2 cm³/mol. The maximum absolute atomic E-state index is 11.3. The van der Waals surface area contributed by atoms with Gasteiger partial charge in [-0.2, -0.15) is 0 Å². The highest BCUT2D eigenvalue weighted by atomic mass is 16.5. The minimum Gasteiger partial charge on any atom is -0.496 e. The molecular weight excluding hydrogens is 246 g/mol. The third-order valence-electron chi connectivity index (χ3n) is 2.72. The van der Waals surface area contributed by atoms with Crippen LogP contribution < -0.4 is 10.1 Å². The number of carbonyl (C=O) groups is 2. The predicted octanol–water partition coefficient (Wildman–Crippen LogP) is 1.91. The molecule has 0 unspecified atom stereocenters. The van der Waals surface area contributed by atoms with E-state index in [1.165, 1.54) is 0 Å². The molecule has 0 aliphatic heterocycles. The van der Waals surface area contributed by atoms with E-state index in [2.05, 4.69) is 19.2 Å². The van der Waals surface area contributed by atoms with Gasteiger partial charge in [0.2, 0.25) is 5.91 Å². The average molecular weight is 265 g/mol. The number of hydrogen-bond donors (Lipinski definition) is 2. The molecule has 0 bridgehead atoms. The molecule has 0 radical (unpaired) electrons. The number of hydrogen-bond acceptors (Lipinski definition) is 3. The van der Waals surface area contributed by atoms with Crippen molar-refractivity contribution in [2.24, 2.45) is 0 Å². The summed E-state index contributed by atoms with van der Waals surface area (Å²) in [5, 5.41) is 11.1. The highest BCUT2D eigenvalue weighted by molar-refractivity contribution is 5.93. The molecule has 0 atom stereocenters. The maximum atomic E-state index is 11.3. The summed E-state index contributed by atoms with van der Waals surface area (Å²) in [5.74, 6) is -0.496. The minimum absolute atomic E-state index is 0.310. The van der Waals surface area contributed by atoms with Crippen molar-refractivity contribution in [1.29, 1.82) is 0 Å². The van der Waals surface area contributed by atoms with Gasteiger partial charge in [-0.05, 0) is 23.1 Å². The van der Waals surface area contributed by atoms with Crippen LogP contribution in [-0.4, -0.2) is 24.1 Å². The van der Waals surface area contributed by atoms with E-state index in [9.17, 15) is 9.59 Å². The van der Waals surface area contributed by atoms with Crippen molar-refractivity contribution in [3.05, 3.63) is 29.3 Å². The summed E-state index contributed by atoms with van der Waals surface area (Å²) in [6.07, 6.45) is -0.507. The van der Waals surface area contributed by atoms with Crippen LogP contribution in [0.1, 0.15) is 37.3 Å². The number of carboxylic acid groups (broad SMARTS) is 1. The third-order valence-corrected chi connectivity index (χ3v) is 2.72. The van der Waals surface area contributed by atoms with Crippen molar-refractivity contribution in [1.82, 2.24) is 5.32 Å². The third kappa shape index (κ3) is 4.62. The number of aliphatic carboxylic acids is 1. The van der Waals surface area contributed by atoms with E-state index in [-0.39, 0.29) is 0 Å². The van der Waals surface area contributed by atoms with Crippen LogP contribution in [-0.2, 0) is 16.1 Å². The second-order valence-electron chi connectivity index (χ2n) is 4.58. The first-order valence-corrected chi connectivity index (χ1v) is 6.09. The Balaban J connectivity index is 2.72. The van der Waals surface area contributed by atoms with Crippen molar-refractivity contribution in [3.63, 3.8) is 0 Å². The largest absolute Gasteiger partial charge is 0.496 e. The first-order chi connectivity index (χ1) is 8.93. The molecule has 1 rings (SSSR count). The smallest absolute Gasteiger partial charge is 0.312 e. The highest BCUT2D eigenvalue weighted by Gasteiger charge is 2.10. The van der Waals surface area contributed by atoms with E-state index in [1.54, 1.807) is 7.11 Å². The fourth-order valence-electron chi connectivity index (χ4n) is 1.75. The van der Waals surface area contributed by atoms with E-state index in [0.717, 1.165) is 16.9 Å². The molecule has 5 heteroatoms. The molecular formula is C14H19NO4. The number of rotatable bonds is 6. The molecule has 19 heavy (non-hydrogen) atoms. The van der Waals surface area contributed by atoms with Crippen molar-refractivity contribution in [3.8, 4) is 5.75 Å². The second-order valence-corrected chi connectivity index (χ2v) is 4.58. The molecule has 1 aromatic carbocycles. The topological polar surface area (TPSA) is 75.6 Å². The Labute approximate surface area is 112 Å². The van der Waals surface area contributed by atoms with E-state index in [4.69, 9.17) is 9.84 Å². The Morgan fingerprint density at radius 1 is 1.37 bits per heavy atom. The molecule has 0 saturated carbocycles. The lowest BCUT2D eigenvalue weighted by Gasteiger charge is -2.13. The second kappa shape index (κ2) is 6.78. The normalized spacial score (nSPS) is 10.3. The number of carboxylic acids is 1. The molecule has 0 saturated heterocycles. The Morgan fingerprint density at radius 3 is 2.58 bits per heavy atom. The van der Waals surface area contributed by atoms with Gasteiger partial charge in [0.1, 0.15) is 12.2 Å². The molecule has 0 spiro atoms. The SMILES string of the molecule is COc1ccc(CNC(=O)CC(=O)O)cc1C(C)C. The number of carbonyl (C=O) groups excluding carboxylic acids is 1. The first-order valence-electron chi connectivity index (χ1n) is 6.09. The van der Waals surface area contributed by atoms with Crippen LogP contribution in [0.15, 0.2) is 18.2 Å². The van der Waals surface area contributed by atoms with Crippen LogP contribution in [0, 0.1) is 0 Å². The average Bonchev–Trinajstić information content (AvgIpc) is 2.35. The quantitative estimate of drug-likeness (QED) is 0.770. The van der Waals surface area contributed by atoms with Gasteiger partial charge in [0.25, 0.3) is 0 Å². The summed E-state index contributed by atoms with van der Waals surface area (Å²) >= 11 is 0. The fraction of sp³-hybridized carbons (Fsp3) is 0.429. The van der Waals surface area contributed by atoms with Crippen molar-refractivity contribution < 1.29 is 19.4 Å². The Kier molecular flexibility index (Phi) is 5.36. The summed E-state index contributed by atoms with van der Waals surface area (Å²) in [4.78, 5) is 21.6. The number of amides is 1. The summed E-state index contributed by atoms with van der Waals surface area (Å²) in [6.45, 7) is 4.44. The molecule has 0 aromatic heterocycles. The maximum Gasteiger partial charge on any atom is 0.312 e. The van der Waals surface area contributed by atoms with Gasteiger partial charge in [0.05, 0.1) is 7.11 Å². The molecule has 2 N–H and O–H groups in total. The Hall–Kier alpha value is -2.04. The van der Waals surface area contributed by atoms with Crippen molar-refractivity contribution in [2.75, 3.05) is 7.11 Å². The Morgan fingerprint density at radius 2 is 2.05 bits per heavy atom. The lowest BCUT2D eigenvalue weighted by Crippen LogP contribution is -2.25. The molecule has 0 fully saturated rings. The first kappa shape index (κ1) is 15.0. The lowest BCUT2D eigenvalue weighted by atomic mass is 9.99. The van der Waals surface area contributed by atoms with Gasteiger partial charge < -0.3 is 15.2 Å². The molecule has 1 aromatic rings. The summed E-state index contributed by atoms with van der Waals surface area (Å²) in [7, 11) is 1.62. The minimum atomic E-state index is -1.13. The van der Waals surface area contributed by atoms with Crippen LogP contribution in [0.25, 0.3) is 0 Å². The highest BCUT2D eigenvalue weighted by Crippen LogP contribution is 2.27. The van der Waals surface area contributed by atoms with Gasteiger partial charge in [0.15, 0.2) is 0 Å². The van der Waals surface area contributed by atoms with E-state index < -0.39 is 18.3 Å². The summed E-state index contributed by atoms with van der Waals surface area (Å²) in [6, 6.07) is 5.67. The summed E-state index contributed by atoms with van der Waals surface area (Å²) < 4.78 is 5.27. The van der Waals surface area contributed by atoms with E-state index in [1.807, 2.05) is 18.2 Å². The van der Waals surface area contributed by atoms with Gasteiger partial charge in [-0.1, -0.05) is 26.0 Å². The summed E-state index contributed by atoms with van der Waals surface area (Å²) in [5.41, 5.74) is 1.98. The van der Waals surface area contributed by atoms with E-state index >= 15 is 0 Å². The van der Waals surface area contributed by atoms with Crippen LogP contribution in [0.3, 0.4) is 0 Å².